The van der Waals surface area contributed by atoms with Crippen LogP contribution in [0.4, 0.5) is 8.78 Å². The summed E-state index contributed by atoms with van der Waals surface area (Å²) in [6.07, 6.45) is 1.37. The van der Waals surface area contributed by atoms with Gasteiger partial charge >= 0.3 is 0 Å². The summed E-state index contributed by atoms with van der Waals surface area (Å²) in [7, 11) is 0. The van der Waals surface area contributed by atoms with Crippen LogP contribution in [0.3, 0.4) is 0 Å². The molecule has 21 heavy (non-hydrogen) atoms. The van der Waals surface area contributed by atoms with Crippen LogP contribution in [0.2, 0.25) is 0 Å². The highest BCUT2D eigenvalue weighted by Crippen LogP contribution is 2.20. The molecular formula is C14H13BrF2N2O2. The predicted molar refractivity (Wildman–Crippen MR) is 77.3 cm³/mol. The number of ether oxygens (including phenoxy) is 1. The zero-order valence-corrected chi connectivity index (χ0v) is 13.0. The second-order valence-corrected chi connectivity index (χ2v) is 5.49. The molecule has 0 spiro atoms. The van der Waals surface area contributed by atoms with Crippen molar-refractivity contribution in [1.82, 2.24) is 9.55 Å². The summed E-state index contributed by atoms with van der Waals surface area (Å²) in [5, 5.41) is 0. The smallest absolute Gasteiger partial charge is 0.271 e. The molecule has 0 aliphatic heterocycles. The maximum Gasteiger partial charge on any atom is 0.271 e. The quantitative estimate of drug-likeness (QED) is 0.840. The third kappa shape index (κ3) is 3.47. The number of hydrogen-bond donors (Lipinski definition) is 0. The van der Waals surface area contributed by atoms with Crippen molar-refractivity contribution >= 4 is 15.9 Å². The highest BCUT2D eigenvalue weighted by molar-refractivity contribution is 9.10. The molecule has 1 heterocycles. The van der Waals surface area contributed by atoms with E-state index in [1.807, 2.05) is 13.8 Å². The second-order valence-electron chi connectivity index (χ2n) is 4.69. The van der Waals surface area contributed by atoms with E-state index in [4.69, 9.17) is 4.74 Å². The largest absolute Gasteiger partial charge is 0.472 e. The van der Waals surface area contributed by atoms with Gasteiger partial charge in [0, 0.05) is 17.7 Å². The molecule has 0 radical (unpaired) electrons. The van der Waals surface area contributed by atoms with Gasteiger partial charge in [-0.15, -0.1) is 0 Å². The van der Waals surface area contributed by atoms with E-state index in [-0.39, 0.29) is 34.1 Å². The van der Waals surface area contributed by atoms with E-state index in [9.17, 15) is 13.6 Å². The van der Waals surface area contributed by atoms with Gasteiger partial charge in [0.15, 0.2) is 0 Å². The molecule has 0 atom stereocenters. The zero-order chi connectivity index (χ0) is 15.6. The number of nitrogens with zero attached hydrogens (tertiary/aromatic N) is 2. The average Bonchev–Trinajstić information content (AvgIpc) is 2.41. The van der Waals surface area contributed by atoms with Crippen LogP contribution in [0.25, 0.3) is 0 Å². The summed E-state index contributed by atoms with van der Waals surface area (Å²) >= 11 is 3.13. The van der Waals surface area contributed by atoms with E-state index >= 15 is 0 Å². The molecule has 0 N–H and O–H groups in total. The fourth-order valence-electron chi connectivity index (χ4n) is 1.68. The van der Waals surface area contributed by atoms with E-state index in [1.165, 1.54) is 17.0 Å². The molecule has 0 aliphatic rings. The van der Waals surface area contributed by atoms with E-state index in [0.29, 0.717) is 0 Å². The van der Waals surface area contributed by atoms with Crippen molar-refractivity contribution in [3.63, 3.8) is 0 Å². The fraction of sp³-hybridized carbons (Fsp3) is 0.286. The van der Waals surface area contributed by atoms with Crippen LogP contribution in [0.1, 0.15) is 25.5 Å². The minimum atomic E-state index is -0.707. The first-order valence-corrected chi connectivity index (χ1v) is 7.02. The Kier molecular flexibility index (Phi) is 4.72. The summed E-state index contributed by atoms with van der Waals surface area (Å²) in [6.45, 7) is 3.55. The Bertz CT molecular complexity index is 717. The molecular weight excluding hydrogens is 346 g/mol. The maximum absolute atomic E-state index is 13.5. The van der Waals surface area contributed by atoms with Gasteiger partial charge in [0.2, 0.25) is 5.88 Å². The first-order chi connectivity index (χ1) is 9.90. The molecule has 0 unspecified atom stereocenters. The van der Waals surface area contributed by atoms with Crippen LogP contribution in [0.15, 0.2) is 33.8 Å². The molecule has 0 aliphatic carbocycles. The minimum Gasteiger partial charge on any atom is -0.472 e. The zero-order valence-electron chi connectivity index (χ0n) is 11.4. The lowest BCUT2D eigenvalue weighted by Crippen LogP contribution is -2.23. The summed E-state index contributed by atoms with van der Waals surface area (Å²) in [5.74, 6) is -1.29. The van der Waals surface area contributed by atoms with Crippen LogP contribution >= 0.6 is 15.9 Å². The van der Waals surface area contributed by atoms with E-state index in [2.05, 4.69) is 20.9 Å². The lowest BCUT2D eigenvalue weighted by Gasteiger charge is -2.12. The highest BCUT2D eigenvalue weighted by Gasteiger charge is 2.13. The van der Waals surface area contributed by atoms with Crippen molar-refractivity contribution < 1.29 is 13.5 Å². The summed E-state index contributed by atoms with van der Waals surface area (Å²) < 4.78 is 33.2. The number of benzene rings is 1. The van der Waals surface area contributed by atoms with Crippen LogP contribution in [-0.2, 0) is 6.61 Å². The van der Waals surface area contributed by atoms with Crippen LogP contribution < -0.4 is 10.3 Å². The van der Waals surface area contributed by atoms with Gasteiger partial charge in [0.1, 0.15) is 29.0 Å². The Morgan fingerprint density at radius 1 is 1.38 bits per heavy atom. The van der Waals surface area contributed by atoms with E-state index in [1.54, 1.807) is 0 Å². The minimum absolute atomic E-state index is 0.0371. The molecule has 1 aromatic carbocycles. The van der Waals surface area contributed by atoms with Crippen LogP contribution in [0, 0.1) is 11.6 Å². The van der Waals surface area contributed by atoms with Gasteiger partial charge in [-0.1, -0.05) is 0 Å². The molecule has 0 fully saturated rings. The molecule has 1 aromatic heterocycles. The summed E-state index contributed by atoms with van der Waals surface area (Å²) in [4.78, 5) is 16.0. The van der Waals surface area contributed by atoms with E-state index in [0.717, 1.165) is 12.1 Å². The Hall–Kier alpha value is -1.76. The van der Waals surface area contributed by atoms with Crippen molar-refractivity contribution in [2.45, 2.75) is 26.5 Å². The van der Waals surface area contributed by atoms with Gasteiger partial charge in [-0.25, -0.2) is 13.8 Å². The fourth-order valence-corrected chi connectivity index (χ4v) is 2.10. The SMILES string of the molecule is CC(C)n1cnc(OCc2ccc(F)cc2F)c(Br)c1=O. The molecule has 0 amide bonds. The maximum atomic E-state index is 13.5. The predicted octanol–water partition coefficient (Wildman–Crippen LogP) is 3.44. The topological polar surface area (TPSA) is 44.1 Å². The van der Waals surface area contributed by atoms with Gasteiger partial charge in [0.05, 0.1) is 0 Å². The first-order valence-electron chi connectivity index (χ1n) is 6.23. The lowest BCUT2D eigenvalue weighted by molar-refractivity contribution is 0.282. The van der Waals surface area contributed by atoms with Gasteiger partial charge in [-0.05, 0) is 41.9 Å². The number of hydrogen-bond acceptors (Lipinski definition) is 3. The average molecular weight is 359 g/mol. The van der Waals surface area contributed by atoms with Gasteiger partial charge in [0.25, 0.3) is 5.56 Å². The first kappa shape index (κ1) is 15.6. The standard InChI is InChI=1S/C14H13BrF2N2O2/c1-8(2)19-7-18-13(12(15)14(19)20)21-6-9-3-4-10(16)5-11(9)17/h3-5,7-8H,6H2,1-2H3. The second kappa shape index (κ2) is 6.34. The van der Waals surface area contributed by atoms with Crippen molar-refractivity contribution in [3.8, 4) is 5.88 Å². The third-order valence-electron chi connectivity index (χ3n) is 2.85. The van der Waals surface area contributed by atoms with Crippen LogP contribution in [-0.4, -0.2) is 9.55 Å². The van der Waals surface area contributed by atoms with Crippen molar-refractivity contribution in [1.29, 1.82) is 0 Å². The lowest BCUT2D eigenvalue weighted by atomic mass is 10.2. The number of aromatic nitrogens is 2. The number of halogens is 3. The Labute approximate surface area is 128 Å². The Morgan fingerprint density at radius 2 is 2.10 bits per heavy atom. The van der Waals surface area contributed by atoms with Gasteiger partial charge < -0.3 is 4.74 Å². The summed E-state index contributed by atoms with van der Waals surface area (Å²) in [5.41, 5.74) is -0.104. The molecule has 0 saturated carbocycles. The molecule has 2 aromatic rings. The third-order valence-corrected chi connectivity index (χ3v) is 3.52. The molecule has 0 bridgehead atoms. The van der Waals surface area contributed by atoms with Crippen molar-refractivity contribution in [3.05, 3.63) is 56.6 Å². The van der Waals surface area contributed by atoms with Crippen molar-refractivity contribution in [2.24, 2.45) is 0 Å². The Balaban J connectivity index is 2.21. The normalized spacial score (nSPS) is 11.0. The van der Waals surface area contributed by atoms with E-state index < -0.39 is 11.6 Å². The van der Waals surface area contributed by atoms with Crippen molar-refractivity contribution in [2.75, 3.05) is 0 Å². The van der Waals surface area contributed by atoms with Gasteiger partial charge in [-0.3, -0.25) is 9.36 Å². The molecule has 7 heteroatoms. The monoisotopic (exact) mass is 358 g/mol. The molecule has 4 nitrogen and oxygen atoms in total. The Morgan fingerprint density at radius 3 is 2.71 bits per heavy atom. The molecule has 112 valence electrons. The molecule has 0 saturated heterocycles. The van der Waals surface area contributed by atoms with Crippen LogP contribution in [0.5, 0.6) is 5.88 Å². The molecule has 2 rings (SSSR count). The summed E-state index contributed by atoms with van der Waals surface area (Å²) in [6, 6.07) is 3.16. The highest BCUT2D eigenvalue weighted by atomic mass is 79.9. The number of rotatable bonds is 4. The van der Waals surface area contributed by atoms with Gasteiger partial charge in [-0.2, -0.15) is 0 Å².